The Morgan fingerprint density at radius 1 is 1.14 bits per heavy atom. The van der Waals surface area contributed by atoms with E-state index in [-0.39, 0.29) is 5.91 Å². The molecule has 0 atom stereocenters. The molecule has 0 aliphatic carbocycles. The number of halogens is 2. The highest BCUT2D eigenvalue weighted by Crippen LogP contribution is 2.19. The first-order valence-corrected chi connectivity index (χ1v) is 7.05. The molecule has 0 bridgehead atoms. The zero-order valence-corrected chi connectivity index (χ0v) is 12.2. The maximum absolute atomic E-state index is 13.2. The largest absolute Gasteiger partial charge is 0.354 e. The number of unbranched alkanes of at least 4 members (excludes halogenated alkanes) is 1. The summed E-state index contributed by atoms with van der Waals surface area (Å²) in [6.45, 7) is 2.65. The summed E-state index contributed by atoms with van der Waals surface area (Å²) < 4.78 is 26.1. The molecule has 22 heavy (non-hydrogen) atoms. The summed E-state index contributed by atoms with van der Waals surface area (Å²) in [6, 6.07) is 5.09. The number of rotatable bonds is 6. The van der Waals surface area contributed by atoms with Crippen molar-refractivity contribution in [2.24, 2.45) is 0 Å². The first-order valence-electron chi connectivity index (χ1n) is 7.05. The van der Waals surface area contributed by atoms with E-state index in [4.69, 9.17) is 0 Å². The normalized spacial score (nSPS) is 10.3. The first kappa shape index (κ1) is 15.9. The second kappa shape index (κ2) is 7.49. The van der Waals surface area contributed by atoms with E-state index < -0.39 is 11.6 Å². The number of aromatic nitrogens is 1. The summed E-state index contributed by atoms with van der Waals surface area (Å²) in [5.41, 5.74) is 1.31. The van der Waals surface area contributed by atoms with Gasteiger partial charge in [-0.1, -0.05) is 13.3 Å². The van der Waals surface area contributed by atoms with Crippen molar-refractivity contribution in [3.05, 3.63) is 53.9 Å². The quantitative estimate of drug-likeness (QED) is 0.801. The molecule has 2 rings (SSSR count). The van der Waals surface area contributed by atoms with Crippen LogP contribution in [0.5, 0.6) is 0 Å². The van der Waals surface area contributed by atoms with Gasteiger partial charge in [-0.15, -0.1) is 0 Å². The standard InChI is InChI=1S/C16H17F2N3O/c1-2-3-6-20-16(22)11-7-13(10-19-9-11)21-12-4-5-14(17)15(18)8-12/h4-5,7-10,21H,2-3,6H2,1H3,(H,20,22). The highest BCUT2D eigenvalue weighted by atomic mass is 19.2. The van der Waals surface area contributed by atoms with Gasteiger partial charge in [-0.3, -0.25) is 9.78 Å². The molecule has 1 aromatic carbocycles. The molecule has 116 valence electrons. The van der Waals surface area contributed by atoms with Crippen molar-refractivity contribution in [1.29, 1.82) is 0 Å². The van der Waals surface area contributed by atoms with Crippen LogP contribution < -0.4 is 10.6 Å². The summed E-state index contributed by atoms with van der Waals surface area (Å²) in [4.78, 5) is 15.9. The van der Waals surface area contributed by atoms with Crippen molar-refractivity contribution in [2.45, 2.75) is 19.8 Å². The van der Waals surface area contributed by atoms with Gasteiger partial charge in [-0.05, 0) is 24.6 Å². The molecule has 1 amide bonds. The van der Waals surface area contributed by atoms with Crippen molar-refractivity contribution < 1.29 is 13.6 Å². The Hall–Kier alpha value is -2.50. The monoisotopic (exact) mass is 305 g/mol. The highest BCUT2D eigenvalue weighted by molar-refractivity contribution is 5.94. The molecular formula is C16H17F2N3O. The van der Waals surface area contributed by atoms with E-state index in [1.807, 2.05) is 6.92 Å². The van der Waals surface area contributed by atoms with E-state index in [1.165, 1.54) is 18.5 Å². The second-order valence-electron chi connectivity index (χ2n) is 4.83. The van der Waals surface area contributed by atoms with Crippen LogP contribution in [0.3, 0.4) is 0 Å². The fourth-order valence-corrected chi connectivity index (χ4v) is 1.85. The minimum atomic E-state index is -0.938. The van der Waals surface area contributed by atoms with E-state index in [2.05, 4.69) is 15.6 Å². The van der Waals surface area contributed by atoms with Gasteiger partial charge >= 0.3 is 0 Å². The lowest BCUT2D eigenvalue weighted by atomic mass is 10.2. The molecule has 0 radical (unpaired) electrons. The lowest BCUT2D eigenvalue weighted by molar-refractivity contribution is 0.0953. The Morgan fingerprint density at radius 2 is 1.95 bits per heavy atom. The Morgan fingerprint density at radius 3 is 2.68 bits per heavy atom. The number of hydrogen-bond donors (Lipinski definition) is 2. The summed E-state index contributed by atoms with van der Waals surface area (Å²) in [6.07, 6.45) is 4.87. The maximum Gasteiger partial charge on any atom is 0.252 e. The second-order valence-corrected chi connectivity index (χ2v) is 4.83. The third-order valence-corrected chi connectivity index (χ3v) is 3.02. The third kappa shape index (κ3) is 4.25. The number of carbonyl (C=O) groups is 1. The predicted octanol–water partition coefficient (Wildman–Crippen LogP) is 3.63. The van der Waals surface area contributed by atoms with E-state index >= 15 is 0 Å². The SMILES string of the molecule is CCCCNC(=O)c1cncc(Nc2ccc(F)c(F)c2)c1. The van der Waals surface area contributed by atoms with Crippen molar-refractivity contribution >= 4 is 17.3 Å². The molecule has 0 aliphatic heterocycles. The Balaban J connectivity index is 2.07. The Labute approximate surface area is 127 Å². The van der Waals surface area contributed by atoms with Crippen LogP contribution in [0.25, 0.3) is 0 Å². The lowest BCUT2D eigenvalue weighted by Gasteiger charge is -2.09. The van der Waals surface area contributed by atoms with Crippen LogP contribution in [0, 0.1) is 11.6 Å². The fraction of sp³-hybridized carbons (Fsp3) is 0.250. The van der Waals surface area contributed by atoms with E-state index in [9.17, 15) is 13.6 Å². The Kier molecular flexibility index (Phi) is 5.41. The molecule has 0 aliphatic rings. The first-order chi connectivity index (χ1) is 10.6. The number of hydrogen-bond acceptors (Lipinski definition) is 3. The number of nitrogens with one attached hydrogen (secondary N) is 2. The average molecular weight is 305 g/mol. The van der Waals surface area contributed by atoms with Crippen LogP contribution in [-0.4, -0.2) is 17.4 Å². The third-order valence-electron chi connectivity index (χ3n) is 3.02. The van der Waals surface area contributed by atoms with Crippen LogP contribution in [0.1, 0.15) is 30.1 Å². The zero-order valence-electron chi connectivity index (χ0n) is 12.2. The van der Waals surface area contributed by atoms with Crippen LogP contribution in [0.4, 0.5) is 20.2 Å². The molecule has 1 heterocycles. The highest BCUT2D eigenvalue weighted by Gasteiger charge is 2.07. The molecule has 0 saturated heterocycles. The molecule has 2 N–H and O–H groups in total. The van der Waals surface area contributed by atoms with Gasteiger partial charge in [-0.2, -0.15) is 0 Å². The number of benzene rings is 1. The summed E-state index contributed by atoms with van der Waals surface area (Å²) in [5.74, 6) is -2.06. The number of pyridine rings is 1. The minimum Gasteiger partial charge on any atom is -0.354 e. The van der Waals surface area contributed by atoms with Crippen molar-refractivity contribution in [3.8, 4) is 0 Å². The van der Waals surface area contributed by atoms with Gasteiger partial charge < -0.3 is 10.6 Å². The average Bonchev–Trinajstić information content (AvgIpc) is 2.51. The molecule has 2 aromatic rings. The van der Waals surface area contributed by atoms with Gasteiger partial charge in [0.2, 0.25) is 0 Å². The summed E-state index contributed by atoms with van der Waals surface area (Å²) in [7, 11) is 0. The van der Waals surface area contributed by atoms with Gasteiger partial charge in [-0.25, -0.2) is 8.78 Å². The summed E-state index contributed by atoms with van der Waals surface area (Å²) >= 11 is 0. The summed E-state index contributed by atoms with van der Waals surface area (Å²) in [5, 5.41) is 5.68. The smallest absolute Gasteiger partial charge is 0.252 e. The van der Waals surface area contributed by atoms with Crippen LogP contribution in [-0.2, 0) is 0 Å². The van der Waals surface area contributed by atoms with Gasteiger partial charge in [0.15, 0.2) is 11.6 Å². The van der Waals surface area contributed by atoms with Gasteiger partial charge in [0, 0.05) is 24.5 Å². The molecule has 4 nitrogen and oxygen atoms in total. The van der Waals surface area contributed by atoms with Crippen LogP contribution >= 0.6 is 0 Å². The molecule has 1 aromatic heterocycles. The van der Waals surface area contributed by atoms with E-state index in [0.717, 1.165) is 25.0 Å². The van der Waals surface area contributed by atoms with E-state index in [0.29, 0.717) is 23.5 Å². The number of amides is 1. The number of nitrogens with zero attached hydrogens (tertiary/aromatic N) is 1. The minimum absolute atomic E-state index is 0.213. The van der Waals surface area contributed by atoms with Crippen LogP contribution in [0.15, 0.2) is 36.7 Å². The maximum atomic E-state index is 13.2. The molecule has 0 unspecified atom stereocenters. The van der Waals surface area contributed by atoms with Crippen molar-refractivity contribution in [1.82, 2.24) is 10.3 Å². The molecule has 0 spiro atoms. The number of anilines is 2. The van der Waals surface area contributed by atoms with Gasteiger partial charge in [0.1, 0.15) is 0 Å². The van der Waals surface area contributed by atoms with Gasteiger partial charge in [0.05, 0.1) is 17.4 Å². The lowest BCUT2D eigenvalue weighted by Crippen LogP contribution is -2.24. The molecule has 6 heteroatoms. The van der Waals surface area contributed by atoms with Crippen molar-refractivity contribution in [2.75, 3.05) is 11.9 Å². The van der Waals surface area contributed by atoms with E-state index in [1.54, 1.807) is 6.07 Å². The molecule has 0 fully saturated rings. The zero-order chi connectivity index (χ0) is 15.9. The fourth-order valence-electron chi connectivity index (χ4n) is 1.85. The molecule has 0 saturated carbocycles. The van der Waals surface area contributed by atoms with Gasteiger partial charge in [0.25, 0.3) is 5.91 Å². The topological polar surface area (TPSA) is 54.0 Å². The molecular weight excluding hydrogens is 288 g/mol. The van der Waals surface area contributed by atoms with Crippen molar-refractivity contribution in [3.63, 3.8) is 0 Å². The Bertz CT molecular complexity index is 662. The van der Waals surface area contributed by atoms with Crippen LogP contribution in [0.2, 0.25) is 0 Å². The predicted molar refractivity (Wildman–Crippen MR) is 81.1 cm³/mol. The number of carbonyl (C=O) groups excluding carboxylic acids is 1.